The fourth-order valence-corrected chi connectivity index (χ4v) is 0.648. The lowest BCUT2D eigenvalue weighted by Crippen LogP contribution is -2.17. The predicted molar refractivity (Wildman–Crippen MR) is 49.3 cm³/mol. The molecule has 0 fully saturated rings. The van der Waals surface area contributed by atoms with Crippen LogP contribution in [0.3, 0.4) is 0 Å². The van der Waals surface area contributed by atoms with Gasteiger partial charge in [-0.1, -0.05) is 6.92 Å². The molecule has 0 bridgehead atoms. The van der Waals surface area contributed by atoms with Crippen LogP contribution in [0.1, 0.15) is 26.7 Å². The molecule has 0 saturated carbocycles. The number of hydrogen-bond acceptors (Lipinski definition) is 4. The maximum Gasteiger partial charge on any atom is 0.313 e. The van der Waals surface area contributed by atoms with E-state index in [0.717, 1.165) is 6.42 Å². The van der Waals surface area contributed by atoms with E-state index in [9.17, 15) is 9.59 Å². The summed E-state index contributed by atoms with van der Waals surface area (Å²) in [4.78, 5) is 21.8. The van der Waals surface area contributed by atoms with Crippen molar-refractivity contribution in [3.63, 3.8) is 0 Å². The highest BCUT2D eigenvalue weighted by molar-refractivity contribution is 7.81. The fourth-order valence-electron chi connectivity index (χ4n) is 0.557. The van der Waals surface area contributed by atoms with Crippen LogP contribution in [0.2, 0.25) is 0 Å². The maximum atomic E-state index is 10.9. The first-order valence-corrected chi connectivity index (χ1v) is 4.46. The van der Waals surface area contributed by atoms with Gasteiger partial charge in [0.25, 0.3) is 0 Å². The third-order valence-corrected chi connectivity index (χ3v) is 1.54. The molecule has 4 heteroatoms. The van der Waals surface area contributed by atoms with Gasteiger partial charge in [0.05, 0.1) is 11.9 Å². The van der Waals surface area contributed by atoms with E-state index in [4.69, 9.17) is 4.74 Å². The van der Waals surface area contributed by atoms with Gasteiger partial charge < -0.3 is 4.74 Å². The molecule has 0 aromatic carbocycles. The highest BCUT2D eigenvalue weighted by Gasteiger charge is 2.13. The SMILES string of the molecule is CCCOC(=O)CC(=O)C(C)S. The highest BCUT2D eigenvalue weighted by Crippen LogP contribution is 2.00. The zero-order valence-corrected chi connectivity index (χ0v) is 8.27. The van der Waals surface area contributed by atoms with Crippen molar-refractivity contribution < 1.29 is 14.3 Å². The van der Waals surface area contributed by atoms with Gasteiger partial charge in [0.1, 0.15) is 6.42 Å². The quantitative estimate of drug-likeness (QED) is 0.402. The summed E-state index contributed by atoms with van der Waals surface area (Å²) in [6.45, 7) is 3.92. The first-order valence-electron chi connectivity index (χ1n) is 3.94. The monoisotopic (exact) mass is 190 g/mol. The minimum atomic E-state index is -0.456. The second kappa shape index (κ2) is 6.06. The van der Waals surface area contributed by atoms with Crippen molar-refractivity contribution in [2.24, 2.45) is 0 Å². The molecule has 3 nitrogen and oxygen atoms in total. The Morgan fingerprint density at radius 1 is 1.50 bits per heavy atom. The van der Waals surface area contributed by atoms with Crippen LogP contribution in [0, 0.1) is 0 Å². The molecule has 1 unspecified atom stereocenters. The molecule has 70 valence electrons. The van der Waals surface area contributed by atoms with Crippen LogP contribution in [0.4, 0.5) is 0 Å². The summed E-state index contributed by atoms with van der Waals surface area (Å²) >= 11 is 3.90. The minimum Gasteiger partial charge on any atom is -0.465 e. The molecule has 0 aromatic heterocycles. The average Bonchev–Trinajstić information content (AvgIpc) is 2.00. The van der Waals surface area contributed by atoms with Gasteiger partial charge in [-0.3, -0.25) is 9.59 Å². The predicted octanol–water partition coefficient (Wildman–Crippen LogP) is 1.22. The number of esters is 1. The number of ether oxygens (including phenoxy) is 1. The maximum absolute atomic E-state index is 10.9. The van der Waals surface area contributed by atoms with E-state index < -0.39 is 5.97 Å². The minimum absolute atomic E-state index is 0.162. The van der Waals surface area contributed by atoms with Crippen LogP contribution in [0.15, 0.2) is 0 Å². The third-order valence-electron chi connectivity index (χ3n) is 1.25. The molecule has 0 spiro atoms. The first kappa shape index (κ1) is 11.5. The van der Waals surface area contributed by atoms with E-state index in [2.05, 4.69) is 12.6 Å². The number of hydrogen-bond donors (Lipinski definition) is 1. The van der Waals surface area contributed by atoms with Crippen molar-refractivity contribution in [1.82, 2.24) is 0 Å². The van der Waals surface area contributed by atoms with Crippen molar-refractivity contribution in [3.8, 4) is 0 Å². The number of carbonyl (C=O) groups is 2. The molecule has 0 aromatic rings. The second-order valence-corrected chi connectivity index (χ2v) is 3.31. The fraction of sp³-hybridized carbons (Fsp3) is 0.750. The van der Waals surface area contributed by atoms with Crippen LogP contribution < -0.4 is 0 Å². The number of Topliss-reactive ketones (excluding diaryl/α,β-unsaturated/α-hetero) is 1. The van der Waals surface area contributed by atoms with Crippen LogP contribution in [-0.4, -0.2) is 23.6 Å². The van der Waals surface area contributed by atoms with Gasteiger partial charge in [-0.2, -0.15) is 12.6 Å². The molecule has 0 N–H and O–H groups in total. The molecule has 12 heavy (non-hydrogen) atoms. The van der Waals surface area contributed by atoms with Gasteiger partial charge in [-0.05, 0) is 13.3 Å². The summed E-state index contributed by atoms with van der Waals surface area (Å²) in [7, 11) is 0. The Morgan fingerprint density at radius 3 is 2.50 bits per heavy atom. The highest BCUT2D eigenvalue weighted by atomic mass is 32.1. The summed E-state index contributed by atoms with van der Waals surface area (Å²) in [6, 6.07) is 0. The molecular weight excluding hydrogens is 176 g/mol. The zero-order chi connectivity index (χ0) is 9.56. The summed E-state index contributed by atoms with van der Waals surface area (Å²) in [5.74, 6) is -0.651. The molecule has 0 aliphatic carbocycles. The Bertz CT molecular complexity index is 166. The Morgan fingerprint density at radius 2 is 2.08 bits per heavy atom. The third kappa shape index (κ3) is 5.18. The lowest BCUT2D eigenvalue weighted by molar-refractivity contribution is -0.145. The van der Waals surface area contributed by atoms with Crippen LogP contribution >= 0.6 is 12.6 Å². The summed E-state index contributed by atoms with van der Waals surface area (Å²) in [5, 5.41) is -0.390. The number of carbonyl (C=O) groups excluding carboxylic acids is 2. The van der Waals surface area contributed by atoms with Crippen LogP contribution in [0.25, 0.3) is 0 Å². The average molecular weight is 190 g/mol. The Balaban J connectivity index is 3.62. The van der Waals surface area contributed by atoms with E-state index in [1.165, 1.54) is 0 Å². The smallest absolute Gasteiger partial charge is 0.313 e. The number of thiol groups is 1. The Hall–Kier alpha value is -0.510. The van der Waals surface area contributed by atoms with Crippen molar-refractivity contribution >= 4 is 24.4 Å². The molecule has 0 amide bonds. The van der Waals surface area contributed by atoms with E-state index in [1.807, 2.05) is 6.92 Å². The Labute approximate surface area is 77.9 Å². The molecule has 0 aliphatic rings. The normalized spacial score (nSPS) is 12.2. The zero-order valence-electron chi connectivity index (χ0n) is 7.37. The number of rotatable bonds is 5. The van der Waals surface area contributed by atoms with Crippen molar-refractivity contribution in [1.29, 1.82) is 0 Å². The molecule has 0 aliphatic heterocycles. The van der Waals surface area contributed by atoms with Gasteiger partial charge in [-0.15, -0.1) is 0 Å². The first-order chi connectivity index (χ1) is 5.57. The topological polar surface area (TPSA) is 43.4 Å². The van der Waals surface area contributed by atoms with Crippen molar-refractivity contribution in [2.45, 2.75) is 31.9 Å². The second-order valence-electron chi connectivity index (χ2n) is 2.54. The van der Waals surface area contributed by atoms with E-state index in [-0.39, 0.29) is 17.5 Å². The molecular formula is C8H14O3S. The lowest BCUT2D eigenvalue weighted by Gasteiger charge is -2.03. The largest absolute Gasteiger partial charge is 0.465 e. The standard InChI is InChI=1S/C8H14O3S/c1-3-4-11-8(10)5-7(9)6(2)12/h6,12H,3-5H2,1-2H3. The van der Waals surface area contributed by atoms with Crippen LogP contribution in [0.5, 0.6) is 0 Å². The van der Waals surface area contributed by atoms with Gasteiger partial charge in [0.15, 0.2) is 5.78 Å². The van der Waals surface area contributed by atoms with E-state index >= 15 is 0 Å². The summed E-state index contributed by atoms with van der Waals surface area (Å²) < 4.78 is 4.72. The lowest BCUT2D eigenvalue weighted by atomic mass is 10.2. The molecule has 0 heterocycles. The molecule has 0 rings (SSSR count). The van der Waals surface area contributed by atoms with Crippen molar-refractivity contribution in [2.75, 3.05) is 6.61 Å². The summed E-state index contributed by atoms with van der Waals surface area (Å²) in [6.07, 6.45) is 0.612. The van der Waals surface area contributed by atoms with Gasteiger partial charge >= 0.3 is 5.97 Å². The molecule has 0 radical (unpaired) electrons. The van der Waals surface area contributed by atoms with E-state index in [1.54, 1.807) is 6.92 Å². The number of ketones is 1. The van der Waals surface area contributed by atoms with E-state index in [0.29, 0.717) is 6.61 Å². The van der Waals surface area contributed by atoms with Gasteiger partial charge in [-0.25, -0.2) is 0 Å². The van der Waals surface area contributed by atoms with Gasteiger partial charge in [0, 0.05) is 0 Å². The summed E-state index contributed by atoms with van der Waals surface area (Å²) in [5.41, 5.74) is 0. The molecule has 0 saturated heterocycles. The molecule has 1 atom stereocenters. The van der Waals surface area contributed by atoms with Crippen LogP contribution in [-0.2, 0) is 14.3 Å². The van der Waals surface area contributed by atoms with Crippen molar-refractivity contribution in [3.05, 3.63) is 0 Å². The van der Waals surface area contributed by atoms with Gasteiger partial charge in [0.2, 0.25) is 0 Å². The Kier molecular flexibility index (Phi) is 5.80.